The Morgan fingerprint density at radius 3 is 2.84 bits per heavy atom. The number of aryl methyl sites for hydroxylation is 2. The number of likely N-dealkylation sites (tertiary alicyclic amines) is 1. The first kappa shape index (κ1) is 16.9. The van der Waals surface area contributed by atoms with Crippen molar-refractivity contribution in [3.63, 3.8) is 0 Å². The minimum Gasteiger partial charge on any atom is -0.322 e. The van der Waals surface area contributed by atoms with E-state index in [0.29, 0.717) is 24.3 Å². The van der Waals surface area contributed by atoms with Gasteiger partial charge in [-0.3, -0.25) is 14.8 Å². The molecule has 8 heteroatoms. The normalized spacial score (nSPS) is 17.4. The van der Waals surface area contributed by atoms with Crippen LogP contribution in [0.25, 0.3) is 0 Å². The SMILES string of the molecule is Cc1cnn([C@H]2CCCN(C(=O)Nc3ccc([N+](=O)[O-])cc3C)C2)c1. The van der Waals surface area contributed by atoms with Crippen molar-refractivity contribution in [2.24, 2.45) is 0 Å². The van der Waals surface area contributed by atoms with Gasteiger partial charge in [0.1, 0.15) is 0 Å². The molecule has 1 saturated heterocycles. The maximum Gasteiger partial charge on any atom is 0.321 e. The number of nitrogens with zero attached hydrogens (tertiary/aromatic N) is 4. The second kappa shape index (κ2) is 6.92. The summed E-state index contributed by atoms with van der Waals surface area (Å²) in [5, 5.41) is 18.0. The third-order valence-electron chi connectivity index (χ3n) is 4.45. The number of anilines is 1. The minimum atomic E-state index is -0.445. The Balaban J connectivity index is 1.67. The Bertz CT molecular complexity index is 801. The van der Waals surface area contributed by atoms with Crippen molar-refractivity contribution in [2.75, 3.05) is 18.4 Å². The number of benzene rings is 1. The van der Waals surface area contributed by atoms with Crippen LogP contribution in [0.15, 0.2) is 30.6 Å². The number of urea groups is 1. The number of carbonyl (C=O) groups excluding carboxylic acids is 1. The smallest absolute Gasteiger partial charge is 0.321 e. The van der Waals surface area contributed by atoms with Crippen molar-refractivity contribution in [2.45, 2.75) is 32.7 Å². The average molecular weight is 343 g/mol. The Hall–Kier alpha value is -2.90. The molecule has 1 N–H and O–H groups in total. The molecule has 2 heterocycles. The molecule has 132 valence electrons. The standard InChI is InChI=1S/C17H21N5O3/c1-12-9-18-21(10-12)15-4-3-7-20(11-15)17(23)19-16-6-5-14(22(24)25)8-13(16)2/h5-6,8-10,15H,3-4,7,11H2,1-2H3,(H,19,23)/t15-/m0/s1. The van der Waals surface area contributed by atoms with Crippen LogP contribution in [0, 0.1) is 24.0 Å². The molecule has 0 unspecified atom stereocenters. The molecule has 1 fully saturated rings. The number of hydrogen-bond acceptors (Lipinski definition) is 4. The molecule has 8 nitrogen and oxygen atoms in total. The maximum absolute atomic E-state index is 12.6. The first-order chi connectivity index (χ1) is 11.9. The van der Waals surface area contributed by atoms with Gasteiger partial charge in [-0.2, -0.15) is 5.10 Å². The number of rotatable bonds is 3. The van der Waals surface area contributed by atoms with E-state index in [1.54, 1.807) is 17.9 Å². The molecule has 2 amide bonds. The highest BCUT2D eigenvalue weighted by atomic mass is 16.6. The van der Waals surface area contributed by atoms with Crippen LogP contribution in [0.3, 0.4) is 0 Å². The van der Waals surface area contributed by atoms with Gasteiger partial charge in [0, 0.05) is 37.1 Å². The molecular weight excluding hydrogens is 322 g/mol. The largest absolute Gasteiger partial charge is 0.322 e. The molecule has 0 aliphatic carbocycles. The van der Waals surface area contributed by atoms with E-state index < -0.39 is 4.92 Å². The Morgan fingerprint density at radius 2 is 2.20 bits per heavy atom. The van der Waals surface area contributed by atoms with E-state index in [9.17, 15) is 14.9 Å². The Kier molecular flexibility index (Phi) is 4.69. The van der Waals surface area contributed by atoms with Crippen LogP contribution >= 0.6 is 0 Å². The van der Waals surface area contributed by atoms with Crippen LogP contribution in [-0.4, -0.2) is 38.7 Å². The number of amides is 2. The predicted octanol–water partition coefficient (Wildman–Crippen LogP) is 3.28. The summed E-state index contributed by atoms with van der Waals surface area (Å²) in [6.07, 6.45) is 5.71. The summed E-state index contributed by atoms with van der Waals surface area (Å²) in [6, 6.07) is 4.41. The third-order valence-corrected chi connectivity index (χ3v) is 4.45. The lowest BCUT2D eigenvalue weighted by molar-refractivity contribution is -0.384. The van der Waals surface area contributed by atoms with Gasteiger partial charge in [-0.05, 0) is 43.9 Å². The third kappa shape index (κ3) is 3.78. The van der Waals surface area contributed by atoms with Gasteiger partial charge in [0.15, 0.2) is 0 Å². The van der Waals surface area contributed by atoms with E-state index in [1.165, 1.54) is 12.1 Å². The van der Waals surface area contributed by atoms with Crippen LogP contribution in [0.1, 0.15) is 30.0 Å². The van der Waals surface area contributed by atoms with Gasteiger partial charge in [-0.15, -0.1) is 0 Å². The van der Waals surface area contributed by atoms with Crippen molar-refractivity contribution in [1.82, 2.24) is 14.7 Å². The van der Waals surface area contributed by atoms with Crippen molar-refractivity contribution in [3.8, 4) is 0 Å². The zero-order valence-electron chi connectivity index (χ0n) is 14.3. The molecule has 1 aromatic heterocycles. The summed E-state index contributed by atoms with van der Waals surface area (Å²) in [7, 11) is 0. The van der Waals surface area contributed by atoms with Crippen molar-refractivity contribution < 1.29 is 9.72 Å². The number of nitro benzene ring substituents is 1. The van der Waals surface area contributed by atoms with Crippen molar-refractivity contribution in [3.05, 3.63) is 51.8 Å². The second-order valence-corrected chi connectivity index (χ2v) is 6.43. The van der Waals surface area contributed by atoms with Gasteiger partial charge in [-0.1, -0.05) is 0 Å². The summed E-state index contributed by atoms with van der Waals surface area (Å²) in [4.78, 5) is 24.7. The molecule has 0 spiro atoms. The van der Waals surface area contributed by atoms with Crippen LogP contribution in [-0.2, 0) is 0 Å². The summed E-state index contributed by atoms with van der Waals surface area (Å²) in [6.45, 7) is 5.02. The summed E-state index contributed by atoms with van der Waals surface area (Å²) in [5.74, 6) is 0. The van der Waals surface area contributed by atoms with E-state index in [1.807, 2.05) is 24.0 Å². The van der Waals surface area contributed by atoms with Crippen LogP contribution in [0.4, 0.5) is 16.2 Å². The van der Waals surface area contributed by atoms with Crippen LogP contribution in [0.5, 0.6) is 0 Å². The summed E-state index contributed by atoms with van der Waals surface area (Å²) in [5.41, 5.74) is 2.37. The van der Waals surface area contributed by atoms with Crippen LogP contribution < -0.4 is 5.32 Å². The maximum atomic E-state index is 12.6. The molecule has 0 bridgehead atoms. The first-order valence-corrected chi connectivity index (χ1v) is 8.26. The highest BCUT2D eigenvalue weighted by molar-refractivity contribution is 5.90. The fourth-order valence-electron chi connectivity index (χ4n) is 3.08. The van der Waals surface area contributed by atoms with Gasteiger partial charge < -0.3 is 10.2 Å². The monoisotopic (exact) mass is 343 g/mol. The predicted molar refractivity (Wildman–Crippen MR) is 93.7 cm³/mol. The van der Waals surface area contributed by atoms with E-state index in [2.05, 4.69) is 10.4 Å². The lowest BCUT2D eigenvalue weighted by atomic mass is 10.1. The molecular formula is C17H21N5O3. The fraction of sp³-hybridized carbons (Fsp3) is 0.412. The number of non-ortho nitro benzene ring substituents is 1. The number of nitrogens with one attached hydrogen (secondary N) is 1. The van der Waals surface area contributed by atoms with E-state index >= 15 is 0 Å². The van der Waals surface area contributed by atoms with E-state index in [-0.39, 0.29) is 17.8 Å². The van der Waals surface area contributed by atoms with Crippen molar-refractivity contribution in [1.29, 1.82) is 0 Å². The quantitative estimate of drug-likeness (QED) is 0.683. The van der Waals surface area contributed by atoms with E-state index in [4.69, 9.17) is 0 Å². The number of carbonyl (C=O) groups is 1. The molecule has 1 atom stereocenters. The molecule has 1 aromatic carbocycles. The number of nitro groups is 1. The second-order valence-electron chi connectivity index (χ2n) is 6.43. The molecule has 0 radical (unpaired) electrons. The van der Waals surface area contributed by atoms with Gasteiger partial charge in [0.05, 0.1) is 17.2 Å². The van der Waals surface area contributed by atoms with Gasteiger partial charge in [0.2, 0.25) is 0 Å². The van der Waals surface area contributed by atoms with E-state index in [0.717, 1.165) is 18.4 Å². The number of hydrogen-bond donors (Lipinski definition) is 1. The van der Waals surface area contributed by atoms with Gasteiger partial charge >= 0.3 is 6.03 Å². The van der Waals surface area contributed by atoms with Crippen LogP contribution in [0.2, 0.25) is 0 Å². The molecule has 0 saturated carbocycles. The highest BCUT2D eigenvalue weighted by Crippen LogP contribution is 2.24. The highest BCUT2D eigenvalue weighted by Gasteiger charge is 2.25. The van der Waals surface area contributed by atoms with Crippen molar-refractivity contribution >= 4 is 17.4 Å². The summed E-state index contributed by atoms with van der Waals surface area (Å²) >= 11 is 0. The molecule has 3 rings (SSSR count). The lowest BCUT2D eigenvalue weighted by Gasteiger charge is -2.33. The minimum absolute atomic E-state index is 0.0163. The fourth-order valence-corrected chi connectivity index (χ4v) is 3.08. The average Bonchev–Trinajstić information content (AvgIpc) is 3.03. The molecule has 1 aliphatic heterocycles. The molecule has 2 aromatic rings. The van der Waals surface area contributed by atoms with Gasteiger partial charge in [-0.25, -0.2) is 4.79 Å². The zero-order chi connectivity index (χ0) is 18.0. The number of piperidine rings is 1. The topological polar surface area (TPSA) is 93.3 Å². The van der Waals surface area contributed by atoms with Gasteiger partial charge in [0.25, 0.3) is 5.69 Å². The lowest BCUT2D eigenvalue weighted by Crippen LogP contribution is -2.43. The summed E-state index contributed by atoms with van der Waals surface area (Å²) < 4.78 is 1.92. The number of aromatic nitrogens is 2. The first-order valence-electron chi connectivity index (χ1n) is 8.26. The Labute approximate surface area is 145 Å². The molecule has 1 aliphatic rings. The Morgan fingerprint density at radius 1 is 1.40 bits per heavy atom. The zero-order valence-corrected chi connectivity index (χ0v) is 14.3. The molecule has 25 heavy (non-hydrogen) atoms.